The minimum Gasteiger partial charge on any atom is -0.497 e. The van der Waals surface area contributed by atoms with Gasteiger partial charge in [0.05, 0.1) is 36.4 Å². The standard InChI is InChI=1S/C24H24N4O3S2/c1-16-23(33(29,30)28-12-11-18-7-4-5-10-22(18)28)17(2)27(26-16)14-20-15-32-24(25-20)19-8-6-9-21(13-19)31-3/h4-10,13,15H,11-12,14H2,1-3H3. The van der Waals surface area contributed by atoms with Crippen LogP contribution in [-0.2, 0) is 23.0 Å². The van der Waals surface area contributed by atoms with E-state index in [0.717, 1.165) is 33.3 Å². The number of nitrogens with zero attached hydrogens (tertiary/aromatic N) is 4. The first kappa shape index (κ1) is 21.7. The SMILES string of the molecule is COc1cccc(-c2nc(Cn3nc(C)c(S(=O)(=O)N4CCc5ccccc54)c3C)cs2)c1. The zero-order valence-electron chi connectivity index (χ0n) is 18.6. The van der Waals surface area contributed by atoms with Gasteiger partial charge in [-0.3, -0.25) is 8.99 Å². The van der Waals surface area contributed by atoms with Crippen LogP contribution >= 0.6 is 11.3 Å². The number of anilines is 1. The molecule has 0 aliphatic carbocycles. The summed E-state index contributed by atoms with van der Waals surface area (Å²) < 4.78 is 35.7. The fourth-order valence-corrected chi connectivity index (χ4v) is 6.99. The maximum atomic E-state index is 13.6. The van der Waals surface area contributed by atoms with Crippen molar-refractivity contribution >= 4 is 27.0 Å². The van der Waals surface area contributed by atoms with Gasteiger partial charge in [-0.15, -0.1) is 11.3 Å². The molecular formula is C24H24N4O3S2. The highest BCUT2D eigenvalue weighted by Gasteiger charge is 2.35. The largest absolute Gasteiger partial charge is 0.497 e. The van der Waals surface area contributed by atoms with E-state index in [-0.39, 0.29) is 4.90 Å². The summed E-state index contributed by atoms with van der Waals surface area (Å²) in [6.07, 6.45) is 0.716. The van der Waals surface area contributed by atoms with Gasteiger partial charge >= 0.3 is 0 Å². The minimum atomic E-state index is -3.71. The summed E-state index contributed by atoms with van der Waals surface area (Å²) in [5.74, 6) is 0.779. The van der Waals surface area contributed by atoms with E-state index >= 15 is 0 Å². The number of para-hydroxylation sites is 1. The molecule has 0 N–H and O–H groups in total. The predicted molar refractivity (Wildman–Crippen MR) is 130 cm³/mol. The summed E-state index contributed by atoms with van der Waals surface area (Å²) in [7, 11) is -2.07. The number of ether oxygens (including phenoxy) is 1. The molecule has 0 amide bonds. The molecule has 0 atom stereocenters. The Labute approximate surface area is 197 Å². The second-order valence-electron chi connectivity index (χ2n) is 7.99. The Morgan fingerprint density at radius 3 is 2.76 bits per heavy atom. The average Bonchev–Trinajstić information content (AvgIpc) is 3.52. The Bertz CT molecular complexity index is 1440. The fourth-order valence-electron chi connectivity index (χ4n) is 4.30. The number of aryl methyl sites for hydroxylation is 1. The van der Waals surface area contributed by atoms with Gasteiger partial charge in [-0.25, -0.2) is 13.4 Å². The monoisotopic (exact) mass is 480 g/mol. The number of aromatic nitrogens is 3. The second-order valence-corrected chi connectivity index (χ2v) is 10.6. The Hall–Kier alpha value is -3.17. The van der Waals surface area contributed by atoms with Crippen molar-refractivity contribution in [1.29, 1.82) is 0 Å². The maximum absolute atomic E-state index is 13.6. The summed E-state index contributed by atoms with van der Waals surface area (Å²) in [4.78, 5) is 5.02. The van der Waals surface area contributed by atoms with E-state index in [0.29, 0.717) is 30.9 Å². The zero-order valence-corrected chi connectivity index (χ0v) is 20.3. The Morgan fingerprint density at radius 1 is 1.12 bits per heavy atom. The highest BCUT2D eigenvalue weighted by molar-refractivity contribution is 7.93. The lowest BCUT2D eigenvalue weighted by atomic mass is 10.2. The smallest absolute Gasteiger partial charge is 0.268 e. The first-order chi connectivity index (χ1) is 15.9. The molecule has 170 valence electrons. The number of hydrogen-bond acceptors (Lipinski definition) is 6. The lowest BCUT2D eigenvalue weighted by Crippen LogP contribution is -2.30. The van der Waals surface area contributed by atoms with Crippen molar-refractivity contribution in [1.82, 2.24) is 14.8 Å². The number of rotatable bonds is 6. The number of thiazole rings is 1. The molecule has 0 spiro atoms. The molecule has 0 radical (unpaired) electrons. The molecule has 5 rings (SSSR count). The lowest BCUT2D eigenvalue weighted by Gasteiger charge is -2.19. The van der Waals surface area contributed by atoms with Crippen molar-refractivity contribution in [2.75, 3.05) is 18.0 Å². The quantitative estimate of drug-likeness (QED) is 0.408. The number of hydrogen-bond donors (Lipinski definition) is 0. The number of benzene rings is 2. The van der Waals surface area contributed by atoms with E-state index in [1.807, 2.05) is 60.8 Å². The van der Waals surface area contributed by atoms with Gasteiger partial charge in [0.15, 0.2) is 0 Å². The van der Waals surface area contributed by atoms with Gasteiger partial charge in [0.2, 0.25) is 0 Å². The van der Waals surface area contributed by atoms with Crippen molar-refractivity contribution in [2.24, 2.45) is 0 Å². The van der Waals surface area contributed by atoms with Crippen molar-refractivity contribution in [3.63, 3.8) is 0 Å². The third-order valence-corrected chi connectivity index (χ3v) is 8.89. The molecule has 7 nitrogen and oxygen atoms in total. The van der Waals surface area contributed by atoms with Crippen LogP contribution in [0.15, 0.2) is 58.8 Å². The second kappa shape index (κ2) is 8.31. The summed E-state index contributed by atoms with van der Waals surface area (Å²) in [5.41, 5.74) is 4.74. The van der Waals surface area contributed by atoms with Crippen LogP contribution < -0.4 is 9.04 Å². The highest BCUT2D eigenvalue weighted by Crippen LogP contribution is 2.35. The van der Waals surface area contributed by atoms with Gasteiger partial charge in [0.1, 0.15) is 15.7 Å². The minimum absolute atomic E-state index is 0.280. The molecule has 0 saturated carbocycles. The lowest BCUT2D eigenvalue weighted by molar-refractivity contribution is 0.415. The van der Waals surface area contributed by atoms with Gasteiger partial charge in [-0.05, 0) is 44.0 Å². The molecule has 1 aliphatic heterocycles. The topological polar surface area (TPSA) is 77.3 Å². The third kappa shape index (κ3) is 3.81. The van der Waals surface area contributed by atoms with Gasteiger partial charge in [0.25, 0.3) is 10.0 Å². The van der Waals surface area contributed by atoms with E-state index < -0.39 is 10.0 Å². The van der Waals surface area contributed by atoms with Crippen LogP contribution in [-0.4, -0.2) is 36.8 Å². The van der Waals surface area contributed by atoms with Crippen molar-refractivity contribution in [3.8, 4) is 16.3 Å². The van der Waals surface area contributed by atoms with Crippen LogP contribution in [0.3, 0.4) is 0 Å². The van der Waals surface area contributed by atoms with Crippen molar-refractivity contribution < 1.29 is 13.2 Å². The summed E-state index contributed by atoms with van der Waals surface area (Å²) in [6.45, 7) is 4.41. The number of fused-ring (bicyclic) bond motifs is 1. The van der Waals surface area contributed by atoms with Gasteiger partial charge in [-0.2, -0.15) is 5.10 Å². The van der Waals surface area contributed by atoms with Gasteiger partial charge in [-0.1, -0.05) is 30.3 Å². The molecule has 1 aliphatic rings. The molecule has 4 aromatic rings. The molecule has 2 aromatic heterocycles. The molecule has 2 aromatic carbocycles. The third-order valence-electron chi connectivity index (χ3n) is 5.89. The van der Waals surface area contributed by atoms with E-state index in [4.69, 9.17) is 9.72 Å². The van der Waals surface area contributed by atoms with Crippen LogP contribution in [0.2, 0.25) is 0 Å². The fraction of sp³-hybridized carbons (Fsp3) is 0.250. The average molecular weight is 481 g/mol. The molecule has 0 saturated heterocycles. The first-order valence-electron chi connectivity index (χ1n) is 10.6. The van der Waals surface area contributed by atoms with Gasteiger partial charge < -0.3 is 4.74 Å². The molecule has 33 heavy (non-hydrogen) atoms. The number of sulfonamides is 1. The van der Waals surface area contributed by atoms with Crippen LogP contribution in [0.1, 0.15) is 22.6 Å². The Kier molecular flexibility index (Phi) is 5.46. The van der Waals surface area contributed by atoms with Crippen LogP contribution in [0, 0.1) is 13.8 Å². The maximum Gasteiger partial charge on any atom is 0.268 e. The zero-order chi connectivity index (χ0) is 23.2. The Balaban J connectivity index is 1.44. The van der Waals surface area contributed by atoms with Crippen molar-refractivity contribution in [2.45, 2.75) is 31.7 Å². The molecule has 0 bridgehead atoms. The number of methoxy groups -OCH3 is 1. The van der Waals surface area contributed by atoms with Crippen LogP contribution in [0.25, 0.3) is 10.6 Å². The normalized spacial score (nSPS) is 13.4. The van der Waals surface area contributed by atoms with E-state index in [1.165, 1.54) is 4.31 Å². The summed E-state index contributed by atoms with van der Waals surface area (Å²) >= 11 is 1.54. The highest BCUT2D eigenvalue weighted by atomic mass is 32.2. The molecular weight excluding hydrogens is 456 g/mol. The Morgan fingerprint density at radius 2 is 1.94 bits per heavy atom. The molecule has 0 fully saturated rings. The van der Waals surface area contributed by atoms with E-state index in [1.54, 1.807) is 30.1 Å². The molecule has 0 unspecified atom stereocenters. The van der Waals surface area contributed by atoms with E-state index in [9.17, 15) is 8.42 Å². The predicted octanol–water partition coefficient (Wildman–Crippen LogP) is 4.43. The van der Waals surface area contributed by atoms with Gasteiger partial charge in [0, 0.05) is 17.5 Å². The molecule has 3 heterocycles. The summed E-state index contributed by atoms with van der Waals surface area (Å²) in [5, 5.41) is 7.43. The van der Waals surface area contributed by atoms with Crippen molar-refractivity contribution in [3.05, 3.63) is 76.6 Å². The van der Waals surface area contributed by atoms with Crippen LogP contribution in [0.5, 0.6) is 5.75 Å². The van der Waals surface area contributed by atoms with Crippen LogP contribution in [0.4, 0.5) is 5.69 Å². The first-order valence-corrected chi connectivity index (χ1v) is 12.9. The van der Waals surface area contributed by atoms with E-state index in [2.05, 4.69) is 5.10 Å². The molecule has 9 heteroatoms. The summed E-state index contributed by atoms with van der Waals surface area (Å²) in [6, 6.07) is 15.4.